The number of oxazole rings is 1. The van der Waals surface area contributed by atoms with Crippen molar-refractivity contribution in [2.45, 2.75) is 39.3 Å². The molecule has 0 atom stereocenters. The van der Waals surface area contributed by atoms with Gasteiger partial charge in [0.05, 0.1) is 17.9 Å². The fourth-order valence-electron chi connectivity index (χ4n) is 2.25. The van der Waals surface area contributed by atoms with E-state index >= 15 is 0 Å². The molecule has 7 heteroatoms. The van der Waals surface area contributed by atoms with E-state index in [0.29, 0.717) is 18.2 Å². The maximum atomic E-state index is 12.2. The maximum Gasteiger partial charge on any atom is 0.273 e. The summed E-state index contributed by atoms with van der Waals surface area (Å²) in [5.41, 5.74) is 1.95. The van der Waals surface area contributed by atoms with Crippen molar-refractivity contribution in [3.05, 3.63) is 65.6 Å². The molecule has 26 heavy (non-hydrogen) atoms. The summed E-state index contributed by atoms with van der Waals surface area (Å²) in [6, 6.07) is 11.3. The molecule has 0 unspecified atom stereocenters. The largest absolute Gasteiger partial charge is 0.484 e. The Morgan fingerprint density at radius 1 is 1.27 bits per heavy atom. The van der Waals surface area contributed by atoms with Crippen molar-refractivity contribution in [3.8, 4) is 5.75 Å². The molecule has 0 saturated carbocycles. The zero-order valence-corrected chi connectivity index (χ0v) is 15.1. The molecule has 0 spiro atoms. The summed E-state index contributed by atoms with van der Waals surface area (Å²) in [7, 11) is 0. The molecule has 2 heterocycles. The minimum Gasteiger partial charge on any atom is -0.484 e. The average Bonchev–Trinajstić information content (AvgIpc) is 3.28. The number of hydrogen-bond donors (Lipinski definition) is 2. The van der Waals surface area contributed by atoms with Crippen molar-refractivity contribution < 1.29 is 13.9 Å². The second-order valence-electron chi connectivity index (χ2n) is 6.94. The standard InChI is InChI=1S/C19H22N4O3/c1-19(2,3)16-9-13(22-23-16)10-20-18(24)15-11-26-17(21-15)12-25-14-7-5-4-6-8-14/h4-9,11H,10,12H2,1-3H3,(H,20,24)(H,22,23). The molecule has 0 aliphatic carbocycles. The van der Waals surface area contributed by atoms with E-state index in [9.17, 15) is 4.79 Å². The number of rotatable bonds is 6. The van der Waals surface area contributed by atoms with Gasteiger partial charge in [0.1, 0.15) is 12.0 Å². The van der Waals surface area contributed by atoms with Gasteiger partial charge in [-0.15, -0.1) is 0 Å². The van der Waals surface area contributed by atoms with E-state index in [1.54, 1.807) is 0 Å². The quantitative estimate of drug-likeness (QED) is 0.709. The number of carbonyl (C=O) groups is 1. The number of hydrogen-bond acceptors (Lipinski definition) is 5. The molecule has 3 rings (SSSR count). The molecule has 0 bridgehead atoms. The molecule has 0 fully saturated rings. The van der Waals surface area contributed by atoms with Crippen LogP contribution in [0.15, 0.2) is 47.1 Å². The lowest BCUT2D eigenvalue weighted by Crippen LogP contribution is -2.23. The van der Waals surface area contributed by atoms with Crippen LogP contribution in [0.2, 0.25) is 0 Å². The van der Waals surface area contributed by atoms with Gasteiger partial charge in [-0.25, -0.2) is 4.98 Å². The lowest BCUT2D eigenvalue weighted by molar-refractivity contribution is 0.0945. The highest BCUT2D eigenvalue weighted by atomic mass is 16.5. The first-order valence-corrected chi connectivity index (χ1v) is 8.37. The number of ether oxygens (including phenoxy) is 1. The SMILES string of the molecule is CC(C)(C)c1cc(CNC(=O)c2coc(COc3ccccc3)n2)[nH]n1. The lowest BCUT2D eigenvalue weighted by Gasteiger charge is -2.13. The van der Waals surface area contributed by atoms with E-state index in [4.69, 9.17) is 9.15 Å². The Bertz CT molecular complexity index is 862. The Morgan fingerprint density at radius 2 is 2.04 bits per heavy atom. The molecule has 0 radical (unpaired) electrons. The number of aromatic nitrogens is 3. The van der Waals surface area contributed by atoms with Crippen molar-refractivity contribution in [2.24, 2.45) is 0 Å². The van der Waals surface area contributed by atoms with E-state index in [-0.39, 0.29) is 23.6 Å². The predicted molar refractivity (Wildman–Crippen MR) is 95.7 cm³/mol. The van der Waals surface area contributed by atoms with Crippen LogP contribution in [0, 0.1) is 0 Å². The molecule has 1 amide bonds. The number of benzene rings is 1. The molecule has 2 N–H and O–H groups in total. The van der Waals surface area contributed by atoms with Gasteiger partial charge in [-0.3, -0.25) is 9.89 Å². The second kappa shape index (κ2) is 7.43. The molecule has 0 saturated heterocycles. The number of nitrogens with zero attached hydrogens (tertiary/aromatic N) is 2. The zero-order chi connectivity index (χ0) is 18.6. The second-order valence-corrected chi connectivity index (χ2v) is 6.94. The number of nitrogens with one attached hydrogen (secondary N) is 2. The van der Waals surface area contributed by atoms with Crippen LogP contribution in [-0.2, 0) is 18.6 Å². The van der Waals surface area contributed by atoms with Crippen LogP contribution >= 0.6 is 0 Å². The van der Waals surface area contributed by atoms with Gasteiger partial charge in [0, 0.05) is 5.41 Å². The summed E-state index contributed by atoms with van der Waals surface area (Å²) in [5, 5.41) is 10.00. The first-order valence-electron chi connectivity index (χ1n) is 8.37. The van der Waals surface area contributed by atoms with Gasteiger partial charge in [0.25, 0.3) is 5.91 Å². The van der Waals surface area contributed by atoms with Crippen LogP contribution in [0.3, 0.4) is 0 Å². The summed E-state index contributed by atoms with van der Waals surface area (Å²) < 4.78 is 10.8. The Hall–Kier alpha value is -3.09. The molecule has 136 valence electrons. The van der Waals surface area contributed by atoms with Gasteiger partial charge in [-0.1, -0.05) is 39.0 Å². The van der Waals surface area contributed by atoms with Gasteiger partial charge >= 0.3 is 0 Å². The molecule has 0 aliphatic heterocycles. The molecular formula is C19H22N4O3. The summed E-state index contributed by atoms with van der Waals surface area (Å²) in [6.45, 7) is 6.75. The van der Waals surface area contributed by atoms with Gasteiger partial charge in [-0.2, -0.15) is 5.10 Å². The summed E-state index contributed by atoms with van der Waals surface area (Å²) >= 11 is 0. The lowest BCUT2D eigenvalue weighted by atomic mass is 9.92. The van der Waals surface area contributed by atoms with Gasteiger partial charge < -0.3 is 14.5 Å². The third-order valence-electron chi connectivity index (χ3n) is 3.73. The van der Waals surface area contributed by atoms with Crippen LogP contribution in [0.1, 0.15) is 48.5 Å². The number of carbonyl (C=O) groups excluding carboxylic acids is 1. The van der Waals surface area contributed by atoms with E-state index in [0.717, 1.165) is 11.4 Å². The highest BCUT2D eigenvalue weighted by molar-refractivity contribution is 5.91. The first-order chi connectivity index (χ1) is 12.4. The van der Waals surface area contributed by atoms with Crippen LogP contribution in [0.4, 0.5) is 0 Å². The van der Waals surface area contributed by atoms with Crippen molar-refractivity contribution in [1.82, 2.24) is 20.5 Å². The maximum absolute atomic E-state index is 12.2. The summed E-state index contributed by atoms with van der Waals surface area (Å²) in [6.07, 6.45) is 1.33. The Balaban J connectivity index is 1.52. The molecule has 3 aromatic rings. The average molecular weight is 354 g/mol. The smallest absolute Gasteiger partial charge is 0.273 e. The minimum absolute atomic E-state index is 0.0431. The third-order valence-corrected chi connectivity index (χ3v) is 3.73. The summed E-state index contributed by atoms with van der Waals surface area (Å²) in [5.74, 6) is 0.743. The molecule has 2 aromatic heterocycles. The molecule has 0 aliphatic rings. The fourth-order valence-corrected chi connectivity index (χ4v) is 2.25. The minimum atomic E-state index is -0.313. The van der Waals surface area contributed by atoms with Gasteiger partial charge in [0.2, 0.25) is 5.89 Å². The normalized spacial score (nSPS) is 11.3. The fraction of sp³-hybridized carbons (Fsp3) is 0.316. The van der Waals surface area contributed by atoms with Crippen LogP contribution < -0.4 is 10.1 Å². The highest BCUT2D eigenvalue weighted by Crippen LogP contribution is 2.20. The van der Waals surface area contributed by atoms with Crippen LogP contribution in [0.25, 0.3) is 0 Å². The van der Waals surface area contributed by atoms with Crippen molar-refractivity contribution in [2.75, 3.05) is 0 Å². The predicted octanol–water partition coefficient (Wildman–Crippen LogP) is 3.20. The summed E-state index contributed by atoms with van der Waals surface area (Å²) in [4.78, 5) is 16.4. The van der Waals surface area contributed by atoms with Gasteiger partial charge in [0.15, 0.2) is 12.3 Å². The highest BCUT2D eigenvalue weighted by Gasteiger charge is 2.18. The Labute approximate surface area is 151 Å². The molecular weight excluding hydrogens is 332 g/mol. The Kier molecular flexibility index (Phi) is 5.06. The van der Waals surface area contributed by atoms with E-state index < -0.39 is 0 Å². The van der Waals surface area contributed by atoms with Crippen LogP contribution in [-0.4, -0.2) is 21.1 Å². The molecule has 1 aromatic carbocycles. The van der Waals surface area contributed by atoms with Crippen molar-refractivity contribution in [1.29, 1.82) is 0 Å². The first kappa shape index (κ1) is 17.7. The van der Waals surface area contributed by atoms with Crippen molar-refractivity contribution >= 4 is 5.91 Å². The number of amides is 1. The van der Waals surface area contributed by atoms with E-state index in [1.165, 1.54) is 6.26 Å². The van der Waals surface area contributed by atoms with Crippen molar-refractivity contribution in [3.63, 3.8) is 0 Å². The van der Waals surface area contributed by atoms with Crippen LogP contribution in [0.5, 0.6) is 5.75 Å². The number of H-pyrrole nitrogens is 1. The monoisotopic (exact) mass is 354 g/mol. The Morgan fingerprint density at radius 3 is 2.73 bits per heavy atom. The topological polar surface area (TPSA) is 93.0 Å². The van der Waals surface area contributed by atoms with Gasteiger partial charge in [-0.05, 0) is 18.2 Å². The zero-order valence-electron chi connectivity index (χ0n) is 15.1. The molecule has 7 nitrogen and oxygen atoms in total. The number of aromatic amines is 1. The van der Waals surface area contributed by atoms with E-state index in [1.807, 2.05) is 36.4 Å². The van der Waals surface area contributed by atoms with E-state index in [2.05, 4.69) is 41.3 Å². The third kappa shape index (κ3) is 4.50. The number of para-hydroxylation sites is 1.